The SMILES string of the molecule is Nc1nc(C(=NOC2C=CCCC2)C(=O)NC2C(=O)N3C=C(C[n+]4ccc(C(=O)O)cc4)CS[C@@H]23)ns1. The first-order valence-electron chi connectivity index (χ1n) is 11.6. The Balaban J connectivity index is 1.24. The Bertz CT molecular complexity index is 1310. The first kappa shape index (κ1) is 24.9. The number of carbonyl (C=O) groups excluding carboxylic acids is 2. The zero-order chi connectivity index (χ0) is 25.9. The van der Waals surface area contributed by atoms with E-state index in [1.807, 2.05) is 16.7 Å². The summed E-state index contributed by atoms with van der Waals surface area (Å²) in [5.74, 6) is -1.14. The molecule has 0 spiro atoms. The van der Waals surface area contributed by atoms with Crippen LogP contribution in [0.2, 0.25) is 0 Å². The summed E-state index contributed by atoms with van der Waals surface area (Å²) in [5, 5.41) is 15.8. The highest BCUT2D eigenvalue weighted by atomic mass is 32.2. The molecule has 2 aromatic rings. The fraction of sp³-hybridized carbons (Fsp3) is 0.348. The van der Waals surface area contributed by atoms with Gasteiger partial charge in [-0.3, -0.25) is 9.59 Å². The number of carboxylic acids is 1. The number of anilines is 1. The van der Waals surface area contributed by atoms with Gasteiger partial charge in [-0.1, -0.05) is 11.2 Å². The standard InChI is InChI=1S/C23H23N7O5S2/c24-23-26-18(28-37-23)16(27-35-15-4-2-1-3-5-15)19(31)25-17-20(32)30-11-13(12-36-21(17)30)10-29-8-6-14(7-9-29)22(33)34/h2,4,6-9,11,15,17,21H,1,3,5,10,12H2,(H3-,24,25,26,28,31,33,34)/p+1/t15?,17?,21-/m0/s1. The highest BCUT2D eigenvalue weighted by Crippen LogP contribution is 2.36. The van der Waals surface area contributed by atoms with Gasteiger partial charge in [-0.25, -0.2) is 9.36 Å². The Morgan fingerprint density at radius 3 is 2.84 bits per heavy atom. The molecule has 1 saturated heterocycles. The normalized spacial score (nSPS) is 23.1. The number of oxime groups is 1. The molecule has 2 aliphatic heterocycles. The minimum atomic E-state index is -0.985. The molecule has 37 heavy (non-hydrogen) atoms. The van der Waals surface area contributed by atoms with Gasteiger partial charge in [0.15, 0.2) is 24.1 Å². The van der Waals surface area contributed by atoms with Crippen LogP contribution < -0.4 is 15.6 Å². The fourth-order valence-corrected chi connectivity index (χ4v) is 5.79. The number of nitrogen functional groups attached to an aromatic ring is 1. The summed E-state index contributed by atoms with van der Waals surface area (Å²) < 4.78 is 5.94. The van der Waals surface area contributed by atoms with Gasteiger partial charge in [0, 0.05) is 41.2 Å². The molecule has 2 aromatic heterocycles. The van der Waals surface area contributed by atoms with Gasteiger partial charge in [-0.15, -0.1) is 11.8 Å². The van der Waals surface area contributed by atoms with Gasteiger partial charge in [-0.2, -0.15) is 9.36 Å². The second kappa shape index (κ2) is 10.7. The van der Waals surface area contributed by atoms with E-state index < -0.39 is 17.9 Å². The van der Waals surface area contributed by atoms with Crippen molar-refractivity contribution in [2.45, 2.75) is 43.3 Å². The van der Waals surface area contributed by atoms with Gasteiger partial charge in [0.25, 0.3) is 11.8 Å². The lowest BCUT2D eigenvalue weighted by molar-refractivity contribution is -0.689. The van der Waals surface area contributed by atoms with E-state index in [0.717, 1.165) is 36.4 Å². The van der Waals surface area contributed by atoms with E-state index in [4.69, 9.17) is 15.7 Å². The number of hydrogen-bond acceptors (Lipinski definition) is 10. The van der Waals surface area contributed by atoms with Crippen molar-refractivity contribution in [1.82, 2.24) is 19.6 Å². The number of β-lactam (4-membered cyclic amide) rings is 1. The number of pyridine rings is 1. The van der Waals surface area contributed by atoms with Crippen molar-refractivity contribution in [3.05, 3.63) is 59.8 Å². The number of nitrogens with zero attached hydrogens (tertiary/aromatic N) is 5. The van der Waals surface area contributed by atoms with Gasteiger partial charge < -0.3 is 25.9 Å². The molecule has 4 N–H and O–H groups in total. The molecule has 12 nitrogen and oxygen atoms in total. The molecule has 2 unspecified atom stereocenters. The van der Waals surface area contributed by atoms with Gasteiger partial charge in [0.2, 0.25) is 11.5 Å². The monoisotopic (exact) mass is 542 g/mol. The minimum Gasteiger partial charge on any atom is -0.478 e. The van der Waals surface area contributed by atoms with Crippen molar-refractivity contribution in [1.29, 1.82) is 0 Å². The van der Waals surface area contributed by atoms with Crippen LogP contribution >= 0.6 is 23.3 Å². The largest absolute Gasteiger partial charge is 0.478 e. The van der Waals surface area contributed by atoms with Crippen molar-refractivity contribution in [3.8, 4) is 0 Å². The summed E-state index contributed by atoms with van der Waals surface area (Å²) in [4.78, 5) is 48.3. The van der Waals surface area contributed by atoms with Crippen LogP contribution in [0, 0.1) is 0 Å². The van der Waals surface area contributed by atoms with E-state index >= 15 is 0 Å². The zero-order valence-corrected chi connectivity index (χ0v) is 21.2. The van der Waals surface area contributed by atoms with Crippen LogP contribution in [0.25, 0.3) is 0 Å². The number of rotatable bonds is 8. The van der Waals surface area contributed by atoms with E-state index in [1.54, 1.807) is 23.5 Å². The number of nitrogens with two attached hydrogens (primary N) is 1. The Morgan fingerprint density at radius 2 is 2.16 bits per heavy atom. The molecule has 0 radical (unpaired) electrons. The number of hydrogen-bond donors (Lipinski definition) is 3. The number of fused-ring (bicyclic) bond motifs is 1. The number of carboxylic acid groups (broad SMARTS) is 1. The second-order valence-corrected chi connectivity index (χ2v) is 10.5. The van der Waals surface area contributed by atoms with Crippen LogP contribution in [0.15, 0.2) is 53.6 Å². The van der Waals surface area contributed by atoms with Gasteiger partial charge in [-0.05, 0) is 25.3 Å². The van der Waals surface area contributed by atoms with Crippen LogP contribution in [0.3, 0.4) is 0 Å². The molecule has 14 heteroatoms. The summed E-state index contributed by atoms with van der Waals surface area (Å²) in [5.41, 5.74) is 6.77. The lowest BCUT2D eigenvalue weighted by atomic mass is 10.1. The predicted molar refractivity (Wildman–Crippen MR) is 135 cm³/mol. The third-order valence-corrected chi connectivity index (χ3v) is 7.93. The molecule has 0 saturated carbocycles. The Labute approximate surface area is 220 Å². The summed E-state index contributed by atoms with van der Waals surface area (Å²) in [6, 6.07) is 2.33. The van der Waals surface area contributed by atoms with Gasteiger partial charge in [0.1, 0.15) is 17.5 Å². The summed E-state index contributed by atoms with van der Waals surface area (Å²) in [6.45, 7) is 0.515. The smallest absolute Gasteiger partial charge is 0.336 e. The van der Waals surface area contributed by atoms with E-state index in [2.05, 4.69) is 19.8 Å². The third kappa shape index (κ3) is 5.49. The molecule has 0 aromatic carbocycles. The van der Waals surface area contributed by atoms with Crippen LogP contribution in [0.4, 0.5) is 5.13 Å². The molecule has 3 atom stereocenters. The topological polar surface area (TPSA) is 164 Å². The summed E-state index contributed by atoms with van der Waals surface area (Å²) >= 11 is 2.48. The minimum absolute atomic E-state index is 0.0489. The zero-order valence-electron chi connectivity index (χ0n) is 19.5. The number of aromatic carboxylic acids is 1. The van der Waals surface area contributed by atoms with E-state index in [-0.39, 0.29) is 39.6 Å². The molecule has 1 aliphatic carbocycles. The van der Waals surface area contributed by atoms with Crippen molar-refractivity contribution >= 4 is 51.9 Å². The number of allylic oxidation sites excluding steroid dienone is 1. The first-order valence-corrected chi connectivity index (χ1v) is 13.4. The van der Waals surface area contributed by atoms with Crippen LogP contribution in [-0.4, -0.2) is 66.1 Å². The Kier molecular flexibility index (Phi) is 7.19. The lowest BCUT2D eigenvalue weighted by Gasteiger charge is -2.47. The lowest BCUT2D eigenvalue weighted by Crippen LogP contribution is -2.69. The Morgan fingerprint density at radius 1 is 1.35 bits per heavy atom. The molecule has 4 heterocycles. The highest BCUT2D eigenvalue weighted by molar-refractivity contribution is 8.00. The summed E-state index contributed by atoms with van der Waals surface area (Å²) in [7, 11) is 0. The van der Waals surface area contributed by atoms with Crippen molar-refractivity contribution in [3.63, 3.8) is 0 Å². The average molecular weight is 543 g/mol. The van der Waals surface area contributed by atoms with Gasteiger partial charge >= 0.3 is 5.97 Å². The van der Waals surface area contributed by atoms with Crippen LogP contribution in [0.1, 0.15) is 35.4 Å². The number of carbonyl (C=O) groups is 3. The molecule has 3 aliphatic rings. The predicted octanol–water partition coefficient (Wildman–Crippen LogP) is 0.919. The average Bonchev–Trinajstić information content (AvgIpc) is 3.34. The molecule has 0 bridgehead atoms. The van der Waals surface area contributed by atoms with Gasteiger partial charge in [0.05, 0.1) is 5.56 Å². The maximum Gasteiger partial charge on any atom is 0.336 e. The molecule has 1 fully saturated rings. The van der Waals surface area contributed by atoms with Crippen molar-refractivity contribution < 1.29 is 28.9 Å². The molecular formula is C23H24N7O5S2+. The molecule has 5 rings (SSSR count). The molecule has 2 amide bonds. The van der Waals surface area contributed by atoms with Crippen LogP contribution in [0.5, 0.6) is 0 Å². The second-order valence-electron chi connectivity index (χ2n) is 8.65. The van der Waals surface area contributed by atoms with Crippen molar-refractivity contribution in [2.24, 2.45) is 5.16 Å². The van der Waals surface area contributed by atoms with E-state index in [9.17, 15) is 14.4 Å². The van der Waals surface area contributed by atoms with E-state index in [1.165, 1.54) is 23.9 Å². The first-order chi connectivity index (χ1) is 17.9. The van der Waals surface area contributed by atoms with E-state index in [0.29, 0.717) is 12.3 Å². The van der Waals surface area contributed by atoms with Crippen molar-refractivity contribution in [2.75, 3.05) is 11.5 Å². The number of amides is 2. The van der Waals surface area contributed by atoms with Crippen LogP contribution in [-0.2, 0) is 21.0 Å². The summed E-state index contributed by atoms with van der Waals surface area (Å²) in [6.07, 6.45) is 11.6. The number of thioether (sulfide) groups is 1. The number of aromatic nitrogens is 3. The quantitative estimate of drug-likeness (QED) is 0.145. The maximum absolute atomic E-state index is 13.1. The molecular weight excluding hydrogens is 518 g/mol. The number of nitrogens with one attached hydrogen (secondary N) is 1. The molecule has 192 valence electrons. The maximum atomic E-state index is 13.1. The third-order valence-electron chi connectivity index (χ3n) is 6.01. The highest BCUT2D eigenvalue weighted by Gasteiger charge is 2.50. The Hall–Kier alpha value is -3.78. The fourth-order valence-electron chi connectivity index (χ4n) is 4.10.